The Morgan fingerprint density at radius 3 is 2.45 bits per heavy atom. The molecule has 4 atom stereocenters. The molecule has 0 aliphatic heterocycles. The van der Waals surface area contributed by atoms with Gasteiger partial charge in [-0.1, -0.05) is 49.0 Å². The molecule has 0 heterocycles. The lowest BCUT2D eigenvalue weighted by atomic mass is 9.77. The van der Waals surface area contributed by atoms with Gasteiger partial charge in [0, 0.05) is 22.3 Å². The van der Waals surface area contributed by atoms with Gasteiger partial charge in [-0.2, -0.15) is 8.78 Å². The predicted molar refractivity (Wildman–Crippen MR) is 120 cm³/mol. The molecule has 3 nitrogen and oxygen atoms in total. The lowest BCUT2D eigenvalue weighted by molar-refractivity contribution is -0.227. The fraction of sp³-hybridized carbons (Fsp3) is 0.385. The van der Waals surface area contributed by atoms with Crippen molar-refractivity contribution in [3.05, 3.63) is 96.1 Å². The van der Waals surface area contributed by atoms with E-state index < -0.39 is 23.0 Å². The third kappa shape index (κ3) is 4.99. The number of hydrogen-bond donors (Lipinski definition) is 2. The summed E-state index contributed by atoms with van der Waals surface area (Å²) in [5.74, 6) is 0.0417. The van der Waals surface area contributed by atoms with Gasteiger partial charge in [-0.25, -0.2) is 0 Å². The van der Waals surface area contributed by atoms with Gasteiger partial charge in [-0.05, 0) is 57.1 Å². The molecular formula is C26H30F2O3. The first-order chi connectivity index (χ1) is 14.4. The summed E-state index contributed by atoms with van der Waals surface area (Å²) >= 11 is 0. The Kier molecular flexibility index (Phi) is 6.03. The van der Waals surface area contributed by atoms with Crippen LogP contribution in [0.15, 0.2) is 96.1 Å². The van der Waals surface area contributed by atoms with E-state index in [0.717, 1.165) is 0 Å². The van der Waals surface area contributed by atoms with E-state index in [1.54, 1.807) is 19.1 Å². The summed E-state index contributed by atoms with van der Waals surface area (Å²) in [6, 6.07) is 0. The van der Waals surface area contributed by atoms with Gasteiger partial charge in [-0.3, -0.25) is 0 Å². The van der Waals surface area contributed by atoms with Crippen molar-refractivity contribution >= 4 is 0 Å². The largest absolute Gasteiger partial charge is 0.508 e. The van der Waals surface area contributed by atoms with Crippen LogP contribution in [-0.2, 0) is 4.74 Å². The molecular weight excluding hydrogens is 398 g/mol. The smallest absolute Gasteiger partial charge is 0.383 e. The lowest BCUT2D eigenvalue weighted by Gasteiger charge is -2.32. The van der Waals surface area contributed by atoms with Crippen LogP contribution >= 0.6 is 0 Å². The second kappa shape index (κ2) is 8.12. The minimum Gasteiger partial charge on any atom is -0.508 e. The minimum atomic E-state index is -3.62. The molecule has 0 aromatic heterocycles. The first kappa shape index (κ1) is 23.0. The second-order valence-corrected chi connectivity index (χ2v) is 9.08. The van der Waals surface area contributed by atoms with Crippen LogP contribution in [0.1, 0.15) is 33.6 Å². The van der Waals surface area contributed by atoms with Gasteiger partial charge in [0.15, 0.2) is 0 Å². The SMILES string of the molecule is C=CCC(=C)C1(C)C=C(O)C=CC(C(F)(F)OC2C=CC(O)=CC(C)(C3C=C3C)C2)=C1. The van der Waals surface area contributed by atoms with Crippen LogP contribution in [0.5, 0.6) is 0 Å². The molecule has 0 amide bonds. The zero-order valence-electron chi connectivity index (χ0n) is 18.2. The second-order valence-electron chi connectivity index (χ2n) is 9.08. The van der Waals surface area contributed by atoms with E-state index in [-0.39, 0.29) is 23.0 Å². The van der Waals surface area contributed by atoms with Gasteiger partial charge in [0.1, 0.15) is 11.5 Å². The standard InChI is InChI=1S/C26H30F2O3/c1-6-7-18(3)24(4)13-19(8-9-20(29)14-24)26(27,28)31-22-11-10-21(30)15-25(5,16-22)23-12-17(23)2/h6,8-15,22-23,29-30H,1,3,7,16H2,2,4-5H3. The minimum absolute atomic E-state index is 0.0426. The molecule has 3 rings (SSSR count). The maximum Gasteiger partial charge on any atom is 0.383 e. The van der Waals surface area contributed by atoms with Crippen LogP contribution in [0.4, 0.5) is 8.78 Å². The molecule has 0 radical (unpaired) electrons. The highest BCUT2D eigenvalue weighted by Crippen LogP contribution is 2.50. The first-order valence-electron chi connectivity index (χ1n) is 10.3. The maximum absolute atomic E-state index is 15.3. The van der Waals surface area contributed by atoms with Crippen molar-refractivity contribution in [3.8, 4) is 0 Å². The van der Waals surface area contributed by atoms with Crippen LogP contribution in [-0.4, -0.2) is 22.4 Å². The average molecular weight is 429 g/mol. The number of alkyl halides is 2. The van der Waals surface area contributed by atoms with E-state index in [2.05, 4.69) is 19.2 Å². The highest BCUT2D eigenvalue weighted by atomic mass is 19.3. The first-order valence-corrected chi connectivity index (χ1v) is 10.3. The van der Waals surface area contributed by atoms with Crippen molar-refractivity contribution in [1.82, 2.24) is 0 Å². The molecule has 0 spiro atoms. The monoisotopic (exact) mass is 428 g/mol. The molecule has 166 valence electrons. The van der Waals surface area contributed by atoms with Crippen LogP contribution in [0.3, 0.4) is 0 Å². The number of hydrogen-bond acceptors (Lipinski definition) is 3. The average Bonchev–Trinajstić information content (AvgIpc) is 3.43. The van der Waals surface area contributed by atoms with Crippen molar-refractivity contribution < 1.29 is 23.7 Å². The molecule has 5 heteroatoms. The van der Waals surface area contributed by atoms with E-state index in [9.17, 15) is 10.2 Å². The quantitative estimate of drug-likeness (QED) is 0.428. The number of aliphatic hydroxyl groups is 2. The summed E-state index contributed by atoms with van der Waals surface area (Å²) in [6.45, 7) is 13.3. The fourth-order valence-corrected chi connectivity index (χ4v) is 4.36. The zero-order valence-corrected chi connectivity index (χ0v) is 18.2. The summed E-state index contributed by atoms with van der Waals surface area (Å²) in [5.41, 5.74) is -0.0767. The van der Waals surface area contributed by atoms with Gasteiger partial charge in [-0.15, -0.1) is 6.58 Å². The van der Waals surface area contributed by atoms with Crippen LogP contribution < -0.4 is 0 Å². The Hall–Kier alpha value is -2.66. The van der Waals surface area contributed by atoms with Gasteiger partial charge in [0.25, 0.3) is 0 Å². The number of rotatable bonds is 7. The topological polar surface area (TPSA) is 49.7 Å². The maximum atomic E-state index is 15.3. The molecule has 0 aromatic rings. The predicted octanol–water partition coefficient (Wildman–Crippen LogP) is 7.03. The Balaban J connectivity index is 1.87. The number of halogens is 2. The lowest BCUT2D eigenvalue weighted by Crippen LogP contribution is -2.33. The van der Waals surface area contributed by atoms with E-state index in [4.69, 9.17) is 4.74 Å². The van der Waals surface area contributed by atoms with E-state index in [1.165, 1.54) is 42.0 Å². The molecule has 4 unspecified atom stereocenters. The molecule has 2 N–H and O–H groups in total. The highest BCUT2D eigenvalue weighted by Gasteiger charge is 2.45. The molecule has 3 aliphatic rings. The van der Waals surface area contributed by atoms with Crippen molar-refractivity contribution in [1.29, 1.82) is 0 Å². The Morgan fingerprint density at radius 1 is 1.19 bits per heavy atom. The fourth-order valence-electron chi connectivity index (χ4n) is 4.36. The van der Waals surface area contributed by atoms with Crippen molar-refractivity contribution in [3.63, 3.8) is 0 Å². The summed E-state index contributed by atoms with van der Waals surface area (Å²) in [4.78, 5) is 0. The summed E-state index contributed by atoms with van der Waals surface area (Å²) in [6.07, 6.45) is 9.73. The number of ether oxygens (including phenoxy) is 1. The van der Waals surface area contributed by atoms with Crippen molar-refractivity contribution in [2.75, 3.05) is 0 Å². The van der Waals surface area contributed by atoms with E-state index in [0.29, 0.717) is 18.4 Å². The third-order valence-electron chi connectivity index (χ3n) is 6.25. The van der Waals surface area contributed by atoms with E-state index >= 15 is 8.78 Å². The molecule has 31 heavy (non-hydrogen) atoms. The Labute approximate surface area is 182 Å². The molecule has 3 aliphatic carbocycles. The van der Waals surface area contributed by atoms with Crippen LogP contribution in [0, 0.1) is 16.7 Å². The van der Waals surface area contributed by atoms with E-state index in [1.807, 2.05) is 13.8 Å². The summed E-state index contributed by atoms with van der Waals surface area (Å²) in [5, 5.41) is 20.2. The molecule has 0 bridgehead atoms. The summed E-state index contributed by atoms with van der Waals surface area (Å²) in [7, 11) is 0. The van der Waals surface area contributed by atoms with Crippen molar-refractivity contribution in [2.45, 2.75) is 45.8 Å². The van der Waals surface area contributed by atoms with Gasteiger partial charge >= 0.3 is 6.11 Å². The molecule has 0 saturated heterocycles. The van der Waals surface area contributed by atoms with Gasteiger partial charge < -0.3 is 14.9 Å². The number of allylic oxidation sites excluding steroid dienone is 9. The zero-order chi connectivity index (χ0) is 23.0. The molecule has 0 aromatic carbocycles. The number of aliphatic hydroxyl groups excluding tert-OH is 2. The summed E-state index contributed by atoms with van der Waals surface area (Å²) < 4.78 is 36.0. The normalized spacial score (nSPS) is 32.8. The van der Waals surface area contributed by atoms with Crippen molar-refractivity contribution in [2.24, 2.45) is 16.7 Å². The third-order valence-corrected chi connectivity index (χ3v) is 6.25. The highest BCUT2D eigenvalue weighted by molar-refractivity contribution is 5.42. The molecule has 0 saturated carbocycles. The van der Waals surface area contributed by atoms with Gasteiger partial charge in [0.05, 0.1) is 6.10 Å². The Bertz CT molecular complexity index is 963. The van der Waals surface area contributed by atoms with Crippen LogP contribution in [0.2, 0.25) is 0 Å². The van der Waals surface area contributed by atoms with Gasteiger partial charge in [0.2, 0.25) is 0 Å². The van der Waals surface area contributed by atoms with Crippen LogP contribution in [0.25, 0.3) is 0 Å². The Morgan fingerprint density at radius 2 is 1.84 bits per heavy atom. The molecule has 0 fully saturated rings.